The van der Waals surface area contributed by atoms with Crippen molar-refractivity contribution >= 4 is 66.4 Å². The van der Waals surface area contributed by atoms with E-state index in [4.69, 9.17) is 0 Å². The molecule has 0 amide bonds. The van der Waals surface area contributed by atoms with E-state index < -0.39 is 0 Å². The Morgan fingerprint density at radius 2 is 0.605 bits per heavy atom. The fraction of sp³-hybridized carbons (Fsp3) is 0.0732. The van der Waals surface area contributed by atoms with Gasteiger partial charge in [0, 0.05) is 43.9 Å². The Labute approximate surface area is 500 Å². The fourth-order valence-electron chi connectivity index (χ4n) is 14.7. The summed E-state index contributed by atoms with van der Waals surface area (Å²) in [5.74, 6) is -0.682. The highest BCUT2D eigenvalue weighted by Gasteiger charge is 2.41. The van der Waals surface area contributed by atoms with Crippen LogP contribution in [0.2, 0.25) is 0 Å². The second kappa shape index (κ2) is 19.6. The summed E-state index contributed by atoms with van der Waals surface area (Å²) in [5, 5.41) is 6.06. The zero-order valence-electron chi connectivity index (χ0n) is 48.2. The Bertz CT molecular complexity index is 4690. The van der Waals surface area contributed by atoms with Crippen molar-refractivity contribution in [2.24, 2.45) is 0 Å². The Balaban J connectivity index is 1.00. The first kappa shape index (κ1) is 51.2. The molecule has 14 aromatic rings. The summed E-state index contributed by atoms with van der Waals surface area (Å²) < 4.78 is 37.3. The second-order valence-corrected chi connectivity index (χ2v) is 24.2. The third-order valence-electron chi connectivity index (χ3n) is 18.7. The molecule has 0 atom stereocenters. The van der Waals surface area contributed by atoms with Gasteiger partial charge in [0.25, 0.3) is 0 Å². The quantitative estimate of drug-likeness (QED) is 0.126. The van der Waals surface area contributed by atoms with Gasteiger partial charge >= 0.3 is 0 Å². The minimum atomic E-state index is -0.341. The lowest BCUT2D eigenvalue weighted by Crippen LogP contribution is -2.17. The molecule has 0 N–H and O–H groups in total. The van der Waals surface area contributed by atoms with Gasteiger partial charge in [-0.1, -0.05) is 258 Å². The highest BCUT2D eigenvalue weighted by atomic mass is 19.1. The van der Waals surface area contributed by atoms with Gasteiger partial charge in [0.05, 0.1) is 34.1 Å². The monoisotopic (exact) mass is 1110 g/mol. The van der Waals surface area contributed by atoms with Gasteiger partial charge in [0.2, 0.25) is 0 Å². The van der Waals surface area contributed by atoms with E-state index in [2.05, 4.69) is 207 Å². The van der Waals surface area contributed by atoms with E-state index >= 15 is 8.78 Å². The van der Waals surface area contributed by atoms with Crippen LogP contribution in [0.4, 0.5) is 42.9 Å². The normalized spacial score (nSPS) is 13.4. The van der Waals surface area contributed by atoms with E-state index in [0.717, 1.165) is 122 Å². The first-order chi connectivity index (χ1) is 42.0. The van der Waals surface area contributed by atoms with E-state index in [-0.39, 0.29) is 22.5 Å². The van der Waals surface area contributed by atoms with Crippen molar-refractivity contribution < 1.29 is 8.78 Å². The SMILES string of the molecule is CC1(C)c2ccccc2-c2c(N(c3c(F)cc(-c4ccccc4)cc3-c3ccccc3)c3ccc4ccc5c(N(c6cccc7c6-c6ccccc6C7(C)C)c6c(F)cc(-c7ccccc7)cc6-c6ccccc6)ccc6ccc3c4c65)cccc21. The molecule has 16 rings (SSSR count). The van der Waals surface area contributed by atoms with Crippen LogP contribution in [0, 0.1) is 11.6 Å². The molecule has 86 heavy (non-hydrogen) atoms. The molecule has 2 nitrogen and oxygen atoms in total. The molecule has 0 saturated carbocycles. The van der Waals surface area contributed by atoms with E-state index in [1.165, 1.54) is 22.3 Å². The first-order valence-electron chi connectivity index (χ1n) is 29.7. The molecule has 0 radical (unpaired) electrons. The van der Waals surface area contributed by atoms with Crippen molar-refractivity contribution in [3.8, 4) is 66.8 Å². The third kappa shape index (κ3) is 7.75. The van der Waals surface area contributed by atoms with Crippen LogP contribution in [-0.4, -0.2) is 0 Å². The highest BCUT2D eigenvalue weighted by molar-refractivity contribution is 6.28. The molecule has 410 valence electrons. The predicted octanol–water partition coefficient (Wildman–Crippen LogP) is 23.1. The molecular weight excluding hydrogens is 1050 g/mol. The molecule has 0 heterocycles. The lowest BCUT2D eigenvalue weighted by molar-refractivity contribution is 0.629. The van der Waals surface area contributed by atoms with Gasteiger partial charge in [0.1, 0.15) is 11.6 Å². The maximum atomic E-state index is 18.6. The average Bonchev–Trinajstić information content (AvgIpc) is 1.68. The number of benzene rings is 14. The van der Waals surface area contributed by atoms with Gasteiger partial charge < -0.3 is 9.80 Å². The summed E-state index contributed by atoms with van der Waals surface area (Å²) in [4.78, 5) is 4.43. The van der Waals surface area contributed by atoms with Gasteiger partial charge in [-0.3, -0.25) is 0 Å². The maximum absolute atomic E-state index is 18.6. The first-order valence-corrected chi connectivity index (χ1v) is 29.7. The van der Waals surface area contributed by atoms with Gasteiger partial charge in [-0.05, 0) is 137 Å². The smallest absolute Gasteiger partial charge is 0.148 e. The number of hydrogen-bond donors (Lipinski definition) is 0. The lowest BCUT2D eigenvalue weighted by Gasteiger charge is -2.33. The molecule has 0 fully saturated rings. The molecule has 0 aliphatic heterocycles. The molecule has 2 aliphatic rings. The van der Waals surface area contributed by atoms with Crippen LogP contribution in [0.5, 0.6) is 0 Å². The number of hydrogen-bond acceptors (Lipinski definition) is 2. The van der Waals surface area contributed by atoms with Gasteiger partial charge in [-0.25, -0.2) is 8.78 Å². The largest absolute Gasteiger partial charge is 0.306 e. The Hall–Kier alpha value is -10.4. The summed E-state index contributed by atoms with van der Waals surface area (Å²) in [6.45, 7) is 9.18. The number of rotatable bonds is 10. The Morgan fingerprint density at radius 1 is 0.267 bits per heavy atom. The molecule has 4 heteroatoms. The van der Waals surface area contributed by atoms with Gasteiger partial charge in [0.15, 0.2) is 0 Å². The van der Waals surface area contributed by atoms with E-state index in [1.54, 1.807) is 12.1 Å². The summed E-state index contributed by atoms with van der Waals surface area (Å²) >= 11 is 0. The van der Waals surface area contributed by atoms with Crippen LogP contribution >= 0.6 is 0 Å². The van der Waals surface area contributed by atoms with Crippen LogP contribution in [0.1, 0.15) is 49.9 Å². The van der Waals surface area contributed by atoms with Crippen molar-refractivity contribution in [1.29, 1.82) is 0 Å². The minimum absolute atomic E-state index is 0.324. The lowest BCUT2D eigenvalue weighted by atomic mass is 9.82. The molecule has 0 spiro atoms. The number of anilines is 6. The average molecular weight is 1110 g/mol. The summed E-state index contributed by atoms with van der Waals surface area (Å²) in [5.41, 5.74) is 19.8. The van der Waals surface area contributed by atoms with Crippen molar-refractivity contribution in [1.82, 2.24) is 0 Å². The predicted molar refractivity (Wildman–Crippen MR) is 356 cm³/mol. The fourth-order valence-corrected chi connectivity index (χ4v) is 14.7. The molecule has 14 aromatic carbocycles. The van der Waals surface area contributed by atoms with Crippen molar-refractivity contribution in [2.75, 3.05) is 9.80 Å². The van der Waals surface area contributed by atoms with E-state index in [0.29, 0.717) is 11.4 Å². The van der Waals surface area contributed by atoms with Crippen LogP contribution in [0.3, 0.4) is 0 Å². The van der Waals surface area contributed by atoms with E-state index in [9.17, 15) is 0 Å². The topological polar surface area (TPSA) is 6.48 Å². The van der Waals surface area contributed by atoms with Crippen molar-refractivity contribution in [3.63, 3.8) is 0 Å². The number of fused-ring (bicyclic) bond motifs is 6. The van der Waals surface area contributed by atoms with Crippen LogP contribution in [0.15, 0.2) is 279 Å². The van der Waals surface area contributed by atoms with Gasteiger partial charge in [-0.2, -0.15) is 0 Å². The summed E-state index contributed by atoms with van der Waals surface area (Å²) in [6.07, 6.45) is 0. The minimum Gasteiger partial charge on any atom is -0.306 e. The molecule has 0 aromatic heterocycles. The third-order valence-corrected chi connectivity index (χ3v) is 18.7. The standard InChI is InChI=1S/C82H58F2N2/c1-81(2)65-33-19-17-31-59(65)77-67(81)35-21-37-73(77)85(79-63(53-27-13-7-14-28-53)47-57(49-69(79)83)51-23-9-5-10-24-51)71-45-41-55-40-44-62-72(46-42-56-39-43-61(71)75(55)76(56)62)86(74-38-22-36-68-78(74)60-32-18-20-34-66(60)82(68,3)4)80-64(54-29-15-8-16-30-54)48-58(50-70(80)84)52-25-11-6-12-26-52/h5-50H,1-4H3. The zero-order chi connectivity index (χ0) is 58.0. The molecule has 0 bridgehead atoms. The molecule has 0 saturated heterocycles. The number of halogens is 2. The Kier molecular flexibility index (Phi) is 11.7. The van der Waals surface area contributed by atoms with Crippen LogP contribution in [0.25, 0.3) is 99.1 Å². The van der Waals surface area contributed by atoms with Crippen LogP contribution in [-0.2, 0) is 10.8 Å². The summed E-state index contributed by atoms with van der Waals surface area (Å²) in [7, 11) is 0. The molecule has 0 unspecified atom stereocenters. The Morgan fingerprint density at radius 3 is 1.00 bits per heavy atom. The zero-order valence-corrected chi connectivity index (χ0v) is 48.2. The van der Waals surface area contributed by atoms with E-state index in [1.807, 2.05) is 97.1 Å². The number of nitrogens with zero attached hydrogens (tertiary/aromatic N) is 2. The van der Waals surface area contributed by atoms with Crippen molar-refractivity contribution in [2.45, 2.75) is 38.5 Å². The second-order valence-electron chi connectivity index (χ2n) is 24.2. The van der Waals surface area contributed by atoms with Crippen LogP contribution < -0.4 is 9.80 Å². The molecule has 2 aliphatic carbocycles. The van der Waals surface area contributed by atoms with Gasteiger partial charge in [-0.15, -0.1) is 0 Å². The maximum Gasteiger partial charge on any atom is 0.148 e. The molecular formula is C82H58F2N2. The van der Waals surface area contributed by atoms with Crippen molar-refractivity contribution in [3.05, 3.63) is 313 Å². The highest BCUT2D eigenvalue weighted by Crippen LogP contribution is 2.59. The summed E-state index contributed by atoms with van der Waals surface area (Å²) in [6, 6.07) is 96.5.